The molecule has 110 valence electrons. The van der Waals surface area contributed by atoms with Crippen molar-refractivity contribution >= 4 is 15.9 Å². The van der Waals surface area contributed by atoms with Crippen LogP contribution in [0.3, 0.4) is 0 Å². The lowest BCUT2D eigenvalue weighted by Gasteiger charge is -2.25. The Morgan fingerprint density at radius 2 is 2.05 bits per heavy atom. The number of benzene rings is 1. The number of nitrogens with one attached hydrogen (secondary N) is 1. The van der Waals surface area contributed by atoms with Gasteiger partial charge in [0.2, 0.25) is 0 Å². The van der Waals surface area contributed by atoms with Crippen LogP contribution in [-0.4, -0.2) is 18.2 Å². The molecule has 1 N–H and O–H groups in total. The van der Waals surface area contributed by atoms with Gasteiger partial charge in [0.1, 0.15) is 0 Å². The summed E-state index contributed by atoms with van der Waals surface area (Å²) in [5, 5.41) is 3.63. The first-order chi connectivity index (χ1) is 9.69. The minimum Gasteiger partial charge on any atom is -0.370 e. The molecular weight excluding hydrogens is 314 g/mol. The van der Waals surface area contributed by atoms with Gasteiger partial charge in [0.05, 0.1) is 11.7 Å². The molecule has 1 heterocycles. The van der Waals surface area contributed by atoms with Crippen LogP contribution in [-0.2, 0) is 4.74 Å². The van der Waals surface area contributed by atoms with E-state index in [1.165, 1.54) is 48.6 Å². The molecule has 3 rings (SSSR count). The molecule has 1 aromatic carbocycles. The van der Waals surface area contributed by atoms with Gasteiger partial charge in [-0.05, 0) is 44.2 Å². The molecule has 1 unspecified atom stereocenters. The quantitative estimate of drug-likeness (QED) is 0.867. The van der Waals surface area contributed by atoms with Gasteiger partial charge >= 0.3 is 0 Å². The molecule has 0 amide bonds. The van der Waals surface area contributed by atoms with Gasteiger partial charge in [0, 0.05) is 17.1 Å². The van der Waals surface area contributed by atoms with E-state index in [0.29, 0.717) is 12.1 Å². The highest BCUT2D eigenvalue weighted by atomic mass is 79.9. The van der Waals surface area contributed by atoms with Crippen LogP contribution >= 0.6 is 15.9 Å². The molecular formula is C17H24BrNO. The fraction of sp³-hybridized carbons (Fsp3) is 0.647. The normalized spacial score (nSPS) is 26.2. The molecule has 1 aromatic rings. The highest BCUT2D eigenvalue weighted by molar-refractivity contribution is 9.10. The number of hydrogen-bond donors (Lipinski definition) is 1. The van der Waals surface area contributed by atoms with E-state index in [9.17, 15) is 0 Å². The second-order valence-corrected chi connectivity index (χ2v) is 7.17. The van der Waals surface area contributed by atoms with E-state index in [-0.39, 0.29) is 5.60 Å². The van der Waals surface area contributed by atoms with Gasteiger partial charge in [0.25, 0.3) is 0 Å². The van der Waals surface area contributed by atoms with E-state index >= 15 is 0 Å². The molecule has 2 aliphatic rings. The Balaban J connectivity index is 1.52. The third kappa shape index (κ3) is 3.10. The SMILES string of the molecule is C[C@@H](NCC1CCC2(CCCC2)O1)c1ccccc1Br. The zero-order valence-electron chi connectivity index (χ0n) is 12.2. The molecule has 1 aliphatic carbocycles. The summed E-state index contributed by atoms with van der Waals surface area (Å²) < 4.78 is 7.53. The van der Waals surface area contributed by atoms with Crippen molar-refractivity contribution < 1.29 is 4.74 Å². The fourth-order valence-electron chi connectivity index (χ4n) is 3.67. The average Bonchev–Trinajstić information content (AvgIpc) is 3.07. The van der Waals surface area contributed by atoms with Gasteiger partial charge in [0.15, 0.2) is 0 Å². The van der Waals surface area contributed by atoms with E-state index in [0.717, 1.165) is 6.54 Å². The Morgan fingerprint density at radius 3 is 2.80 bits per heavy atom. The predicted octanol–water partition coefficient (Wildman–Crippen LogP) is 4.59. The summed E-state index contributed by atoms with van der Waals surface area (Å²) >= 11 is 3.63. The zero-order valence-corrected chi connectivity index (χ0v) is 13.8. The van der Waals surface area contributed by atoms with Crippen LogP contribution in [0.5, 0.6) is 0 Å². The van der Waals surface area contributed by atoms with Crippen molar-refractivity contribution in [1.29, 1.82) is 0 Å². The Kier molecular flexibility index (Phi) is 4.49. The molecule has 1 aliphatic heterocycles. The van der Waals surface area contributed by atoms with E-state index in [4.69, 9.17) is 4.74 Å². The molecule has 0 radical (unpaired) electrons. The zero-order chi connectivity index (χ0) is 14.0. The Hall–Kier alpha value is -0.380. The summed E-state index contributed by atoms with van der Waals surface area (Å²) in [6, 6.07) is 8.79. The lowest BCUT2D eigenvalue weighted by molar-refractivity contribution is -0.0357. The van der Waals surface area contributed by atoms with Crippen LogP contribution in [0.25, 0.3) is 0 Å². The molecule has 0 bridgehead atoms. The number of rotatable bonds is 4. The molecule has 2 nitrogen and oxygen atoms in total. The molecule has 1 saturated heterocycles. The first kappa shape index (κ1) is 14.6. The van der Waals surface area contributed by atoms with Crippen molar-refractivity contribution in [3.63, 3.8) is 0 Å². The highest BCUT2D eigenvalue weighted by Gasteiger charge is 2.41. The standard InChI is InChI=1S/C17H24BrNO/c1-13(15-6-2-3-7-16(15)18)19-12-14-8-11-17(20-14)9-4-5-10-17/h2-3,6-7,13-14,19H,4-5,8-12H2,1H3/t13-,14?/m1/s1. The predicted molar refractivity (Wildman–Crippen MR) is 85.9 cm³/mol. The van der Waals surface area contributed by atoms with Crippen LogP contribution in [0, 0.1) is 0 Å². The molecule has 2 fully saturated rings. The highest BCUT2D eigenvalue weighted by Crippen LogP contribution is 2.43. The Bertz CT molecular complexity index is 456. The summed E-state index contributed by atoms with van der Waals surface area (Å²) in [7, 11) is 0. The minimum absolute atomic E-state index is 0.253. The Morgan fingerprint density at radius 1 is 1.30 bits per heavy atom. The molecule has 3 heteroatoms. The summed E-state index contributed by atoms with van der Waals surface area (Å²) in [4.78, 5) is 0. The second kappa shape index (κ2) is 6.17. The van der Waals surface area contributed by atoms with Crippen molar-refractivity contribution in [3.05, 3.63) is 34.3 Å². The summed E-state index contributed by atoms with van der Waals surface area (Å²) in [5.41, 5.74) is 1.57. The van der Waals surface area contributed by atoms with Crippen molar-refractivity contribution in [2.24, 2.45) is 0 Å². The molecule has 1 spiro atoms. The smallest absolute Gasteiger partial charge is 0.0708 e. The van der Waals surface area contributed by atoms with E-state index in [2.05, 4.69) is 52.4 Å². The van der Waals surface area contributed by atoms with E-state index in [1.807, 2.05) is 0 Å². The van der Waals surface area contributed by atoms with Crippen LogP contribution < -0.4 is 5.32 Å². The van der Waals surface area contributed by atoms with Gasteiger partial charge < -0.3 is 10.1 Å². The van der Waals surface area contributed by atoms with Crippen molar-refractivity contribution in [3.8, 4) is 0 Å². The lowest BCUT2D eigenvalue weighted by Crippen LogP contribution is -2.32. The first-order valence-electron chi connectivity index (χ1n) is 7.84. The molecule has 2 atom stereocenters. The monoisotopic (exact) mass is 337 g/mol. The summed E-state index contributed by atoms with van der Waals surface area (Å²) in [6.45, 7) is 3.19. The van der Waals surface area contributed by atoms with Crippen LogP contribution in [0.15, 0.2) is 28.7 Å². The average molecular weight is 338 g/mol. The van der Waals surface area contributed by atoms with Crippen LogP contribution in [0.2, 0.25) is 0 Å². The number of halogens is 1. The maximum atomic E-state index is 6.35. The molecule has 20 heavy (non-hydrogen) atoms. The van der Waals surface area contributed by atoms with Crippen LogP contribution in [0.4, 0.5) is 0 Å². The first-order valence-corrected chi connectivity index (χ1v) is 8.63. The van der Waals surface area contributed by atoms with E-state index < -0.39 is 0 Å². The van der Waals surface area contributed by atoms with Crippen molar-refractivity contribution in [2.75, 3.05) is 6.54 Å². The van der Waals surface area contributed by atoms with Crippen molar-refractivity contribution in [1.82, 2.24) is 5.32 Å². The second-order valence-electron chi connectivity index (χ2n) is 6.32. The maximum absolute atomic E-state index is 6.35. The summed E-state index contributed by atoms with van der Waals surface area (Å²) in [5.74, 6) is 0. The largest absolute Gasteiger partial charge is 0.370 e. The van der Waals surface area contributed by atoms with Gasteiger partial charge in [-0.25, -0.2) is 0 Å². The molecule has 0 aromatic heterocycles. The topological polar surface area (TPSA) is 21.3 Å². The molecule has 1 saturated carbocycles. The maximum Gasteiger partial charge on any atom is 0.0708 e. The van der Waals surface area contributed by atoms with E-state index in [1.54, 1.807) is 0 Å². The third-order valence-electron chi connectivity index (χ3n) is 4.88. The Labute approximate surface area is 130 Å². The fourth-order valence-corrected chi connectivity index (χ4v) is 4.30. The number of hydrogen-bond acceptors (Lipinski definition) is 2. The number of ether oxygens (including phenoxy) is 1. The van der Waals surface area contributed by atoms with Crippen molar-refractivity contribution in [2.45, 2.75) is 63.2 Å². The van der Waals surface area contributed by atoms with Gasteiger partial charge in [-0.15, -0.1) is 0 Å². The lowest BCUT2D eigenvalue weighted by atomic mass is 9.98. The van der Waals surface area contributed by atoms with Crippen LogP contribution in [0.1, 0.15) is 57.1 Å². The van der Waals surface area contributed by atoms with Gasteiger partial charge in [-0.1, -0.05) is 47.0 Å². The third-order valence-corrected chi connectivity index (χ3v) is 5.60. The van der Waals surface area contributed by atoms with Gasteiger partial charge in [-0.2, -0.15) is 0 Å². The summed E-state index contributed by atoms with van der Waals surface area (Å²) in [6.07, 6.45) is 8.16. The van der Waals surface area contributed by atoms with Gasteiger partial charge in [-0.3, -0.25) is 0 Å². The minimum atomic E-state index is 0.253.